The number of carbonyl (C=O) groups excluding carboxylic acids is 1. The van der Waals surface area contributed by atoms with E-state index in [4.69, 9.17) is 4.74 Å². The molecule has 25 heavy (non-hydrogen) atoms. The largest absolute Gasteiger partial charge is 0.496 e. The van der Waals surface area contributed by atoms with E-state index in [-0.39, 0.29) is 5.91 Å². The maximum Gasteiger partial charge on any atom is 0.251 e. The minimum absolute atomic E-state index is 0.0861. The maximum atomic E-state index is 12.2. The molecule has 134 valence electrons. The number of nitrogens with zero attached hydrogens (tertiary/aromatic N) is 2. The highest BCUT2D eigenvalue weighted by Gasteiger charge is 2.07. The second kappa shape index (κ2) is 9.64. The number of aromatic nitrogens is 1. The van der Waals surface area contributed by atoms with Gasteiger partial charge in [-0.3, -0.25) is 4.79 Å². The van der Waals surface area contributed by atoms with Gasteiger partial charge in [0, 0.05) is 31.4 Å². The summed E-state index contributed by atoms with van der Waals surface area (Å²) < 4.78 is 5.35. The van der Waals surface area contributed by atoms with Crippen molar-refractivity contribution in [3.63, 3.8) is 0 Å². The number of ether oxygens (including phenoxy) is 1. The topological polar surface area (TPSA) is 66.5 Å². The molecule has 6 nitrogen and oxygen atoms in total. The third kappa shape index (κ3) is 6.08. The molecule has 0 aliphatic heterocycles. The minimum Gasteiger partial charge on any atom is -0.496 e. The monoisotopic (exact) mass is 342 g/mol. The quantitative estimate of drug-likeness (QED) is 0.730. The Morgan fingerprint density at radius 2 is 2.00 bits per heavy atom. The first-order valence-corrected chi connectivity index (χ1v) is 8.35. The van der Waals surface area contributed by atoms with E-state index < -0.39 is 0 Å². The van der Waals surface area contributed by atoms with Crippen molar-refractivity contribution >= 4 is 11.7 Å². The molecule has 2 N–H and O–H groups in total. The molecule has 0 unspecified atom stereocenters. The predicted molar refractivity (Wildman–Crippen MR) is 100 cm³/mol. The lowest BCUT2D eigenvalue weighted by atomic mass is 10.1. The van der Waals surface area contributed by atoms with Crippen molar-refractivity contribution in [2.75, 3.05) is 46.2 Å². The summed E-state index contributed by atoms with van der Waals surface area (Å²) in [4.78, 5) is 18.5. The molecule has 1 amide bonds. The molecule has 0 saturated carbocycles. The van der Waals surface area contributed by atoms with Gasteiger partial charge < -0.3 is 20.3 Å². The number of pyridine rings is 1. The second-order valence-corrected chi connectivity index (χ2v) is 5.98. The van der Waals surface area contributed by atoms with E-state index in [9.17, 15) is 4.79 Å². The molecule has 0 bridgehead atoms. The summed E-state index contributed by atoms with van der Waals surface area (Å²) in [6, 6.07) is 11.4. The summed E-state index contributed by atoms with van der Waals surface area (Å²) in [5.41, 5.74) is 1.74. The summed E-state index contributed by atoms with van der Waals surface area (Å²) in [6.45, 7) is 2.13. The zero-order chi connectivity index (χ0) is 18.1. The number of rotatable bonds is 9. The van der Waals surface area contributed by atoms with Crippen LogP contribution in [0.2, 0.25) is 0 Å². The van der Waals surface area contributed by atoms with E-state index in [1.165, 1.54) is 0 Å². The first-order chi connectivity index (χ1) is 12.1. The molecule has 6 heteroatoms. The molecule has 0 fully saturated rings. The van der Waals surface area contributed by atoms with E-state index >= 15 is 0 Å². The smallest absolute Gasteiger partial charge is 0.251 e. The van der Waals surface area contributed by atoms with Crippen LogP contribution in [0.5, 0.6) is 5.75 Å². The fraction of sp³-hybridized carbons (Fsp3) is 0.368. The van der Waals surface area contributed by atoms with Crippen molar-refractivity contribution in [2.45, 2.75) is 6.42 Å². The molecule has 0 atom stereocenters. The number of anilines is 1. The Bertz CT molecular complexity index is 689. The highest BCUT2D eigenvalue weighted by Crippen LogP contribution is 2.17. The number of methoxy groups -OCH3 is 1. The third-order valence-electron chi connectivity index (χ3n) is 3.76. The second-order valence-electron chi connectivity index (χ2n) is 5.98. The molecule has 0 spiro atoms. The van der Waals surface area contributed by atoms with Gasteiger partial charge in [-0.05, 0) is 44.3 Å². The number of hydrogen-bond acceptors (Lipinski definition) is 5. The molecular weight excluding hydrogens is 316 g/mol. The van der Waals surface area contributed by atoms with Crippen LogP contribution >= 0.6 is 0 Å². The number of hydrogen-bond donors (Lipinski definition) is 2. The highest BCUT2D eigenvalue weighted by molar-refractivity contribution is 5.94. The Balaban J connectivity index is 1.87. The molecule has 0 aliphatic carbocycles. The number of amides is 1. The van der Waals surface area contributed by atoms with Crippen LogP contribution in [0, 0.1) is 0 Å². The van der Waals surface area contributed by atoms with Crippen LogP contribution < -0.4 is 15.4 Å². The van der Waals surface area contributed by atoms with Crippen LogP contribution in [-0.2, 0) is 6.42 Å². The van der Waals surface area contributed by atoms with E-state index in [1.54, 1.807) is 25.4 Å². The van der Waals surface area contributed by atoms with Crippen LogP contribution in [0.1, 0.15) is 15.9 Å². The van der Waals surface area contributed by atoms with E-state index in [2.05, 4.69) is 15.6 Å². The van der Waals surface area contributed by atoms with Crippen LogP contribution in [0.25, 0.3) is 0 Å². The lowest BCUT2D eigenvalue weighted by Crippen LogP contribution is -2.31. The summed E-state index contributed by atoms with van der Waals surface area (Å²) in [6.07, 6.45) is 2.46. The van der Waals surface area contributed by atoms with E-state index in [1.807, 2.05) is 43.3 Å². The number of para-hydroxylation sites is 1. The van der Waals surface area contributed by atoms with Crippen molar-refractivity contribution in [2.24, 2.45) is 0 Å². The Kier molecular flexibility index (Phi) is 7.22. The van der Waals surface area contributed by atoms with Crippen molar-refractivity contribution in [3.05, 3.63) is 53.7 Å². The van der Waals surface area contributed by atoms with Gasteiger partial charge >= 0.3 is 0 Å². The van der Waals surface area contributed by atoms with Gasteiger partial charge in [0.1, 0.15) is 11.6 Å². The van der Waals surface area contributed by atoms with Crippen molar-refractivity contribution in [1.82, 2.24) is 15.2 Å². The van der Waals surface area contributed by atoms with Gasteiger partial charge in [-0.25, -0.2) is 4.98 Å². The Morgan fingerprint density at radius 3 is 2.76 bits per heavy atom. The van der Waals surface area contributed by atoms with Crippen LogP contribution in [0.3, 0.4) is 0 Å². The summed E-state index contributed by atoms with van der Waals surface area (Å²) in [7, 11) is 5.62. The number of nitrogens with one attached hydrogen (secondary N) is 2. The lowest BCUT2D eigenvalue weighted by molar-refractivity contribution is 0.0951. The van der Waals surface area contributed by atoms with Crippen molar-refractivity contribution in [3.8, 4) is 5.75 Å². The van der Waals surface area contributed by atoms with Crippen LogP contribution in [-0.4, -0.2) is 56.6 Å². The highest BCUT2D eigenvalue weighted by atomic mass is 16.5. The molecule has 0 saturated heterocycles. The SMILES string of the molecule is COc1ccccc1CCNc1cc(C(=O)NCCN(C)C)ccn1. The van der Waals surface area contributed by atoms with Crippen LogP contribution in [0.4, 0.5) is 5.82 Å². The maximum absolute atomic E-state index is 12.2. The van der Waals surface area contributed by atoms with Crippen LogP contribution in [0.15, 0.2) is 42.6 Å². The molecule has 0 radical (unpaired) electrons. The number of carbonyl (C=O) groups is 1. The average Bonchev–Trinajstić information content (AvgIpc) is 2.62. The normalized spacial score (nSPS) is 10.6. The summed E-state index contributed by atoms with van der Waals surface area (Å²) >= 11 is 0. The fourth-order valence-corrected chi connectivity index (χ4v) is 2.40. The molecular formula is C19H26N4O2. The van der Waals surface area contributed by atoms with Gasteiger partial charge in [0.05, 0.1) is 7.11 Å². The van der Waals surface area contributed by atoms with Gasteiger partial charge in [0.2, 0.25) is 0 Å². The first-order valence-electron chi connectivity index (χ1n) is 8.35. The first kappa shape index (κ1) is 18.7. The van der Waals surface area contributed by atoms with Crippen molar-refractivity contribution in [1.29, 1.82) is 0 Å². The summed E-state index contributed by atoms with van der Waals surface area (Å²) in [5.74, 6) is 1.48. The van der Waals surface area contributed by atoms with Gasteiger partial charge in [-0.1, -0.05) is 18.2 Å². The lowest BCUT2D eigenvalue weighted by Gasteiger charge is -2.11. The zero-order valence-electron chi connectivity index (χ0n) is 15.1. The van der Waals surface area contributed by atoms with E-state index in [0.717, 1.165) is 24.3 Å². The van der Waals surface area contributed by atoms with Gasteiger partial charge in [0.25, 0.3) is 5.91 Å². The fourth-order valence-electron chi connectivity index (χ4n) is 2.40. The predicted octanol–water partition coefficient (Wildman–Crippen LogP) is 2.04. The molecule has 2 rings (SSSR count). The number of benzene rings is 1. The zero-order valence-corrected chi connectivity index (χ0v) is 15.1. The Labute approximate surface area is 149 Å². The Hall–Kier alpha value is -2.60. The molecule has 1 heterocycles. The minimum atomic E-state index is -0.0861. The summed E-state index contributed by atoms with van der Waals surface area (Å²) in [5, 5.41) is 6.16. The third-order valence-corrected chi connectivity index (χ3v) is 3.76. The van der Waals surface area contributed by atoms with Gasteiger partial charge in [-0.15, -0.1) is 0 Å². The molecule has 2 aromatic rings. The molecule has 1 aromatic heterocycles. The standard InChI is InChI=1S/C19H26N4O2/c1-23(2)13-12-22-19(24)16-9-11-21-18(14-16)20-10-8-15-6-4-5-7-17(15)25-3/h4-7,9,11,14H,8,10,12-13H2,1-3H3,(H,20,21)(H,22,24). The molecule has 1 aromatic carbocycles. The van der Waals surface area contributed by atoms with Crippen molar-refractivity contribution < 1.29 is 9.53 Å². The Morgan fingerprint density at radius 1 is 1.20 bits per heavy atom. The molecule has 0 aliphatic rings. The number of likely N-dealkylation sites (N-methyl/N-ethyl adjacent to an activating group) is 1. The van der Waals surface area contributed by atoms with Gasteiger partial charge in [0.15, 0.2) is 0 Å². The van der Waals surface area contributed by atoms with E-state index in [0.29, 0.717) is 24.5 Å². The van der Waals surface area contributed by atoms with Gasteiger partial charge in [-0.2, -0.15) is 0 Å². The average molecular weight is 342 g/mol.